The van der Waals surface area contributed by atoms with E-state index in [1.807, 2.05) is 10.8 Å². The number of rotatable bonds is 8. The van der Waals surface area contributed by atoms with Crippen molar-refractivity contribution in [3.8, 4) is 0 Å². The van der Waals surface area contributed by atoms with Crippen LogP contribution in [0.1, 0.15) is 6.42 Å². The van der Waals surface area contributed by atoms with Gasteiger partial charge in [0.25, 0.3) is 0 Å². The van der Waals surface area contributed by atoms with E-state index in [1.54, 1.807) is 36.8 Å². The molecule has 134 valence electrons. The lowest BCUT2D eigenvalue weighted by molar-refractivity contribution is -0.383. The van der Waals surface area contributed by atoms with Gasteiger partial charge < -0.3 is 15.2 Å². The predicted octanol–water partition coefficient (Wildman–Crippen LogP) is 3.48. The zero-order valence-corrected chi connectivity index (χ0v) is 14.4. The lowest BCUT2D eigenvalue weighted by Crippen LogP contribution is -2.10. The third kappa shape index (κ3) is 4.45. The average Bonchev–Trinajstić information content (AvgIpc) is 3.12. The number of halogens is 1. The van der Waals surface area contributed by atoms with Crippen molar-refractivity contribution < 1.29 is 4.92 Å². The van der Waals surface area contributed by atoms with E-state index in [1.165, 1.54) is 6.33 Å². The highest BCUT2D eigenvalue weighted by atomic mass is 35.5. The van der Waals surface area contributed by atoms with Gasteiger partial charge in [0.2, 0.25) is 11.6 Å². The lowest BCUT2D eigenvalue weighted by atomic mass is 10.3. The molecule has 0 amide bonds. The van der Waals surface area contributed by atoms with Crippen molar-refractivity contribution >= 4 is 34.6 Å². The van der Waals surface area contributed by atoms with Gasteiger partial charge in [0.15, 0.2) is 0 Å². The first-order valence-corrected chi connectivity index (χ1v) is 8.23. The van der Waals surface area contributed by atoms with Crippen LogP contribution in [-0.2, 0) is 6.54 Å². The smallest absolute Gasteiger partial charge is 0.353 e. The maximum atomic E-state index is 11.5. The van der Waals surface area contributed by atoms with Gasteiger partial charge in [0.1, 0.15) is 6.33 Å². The topological polar surface area (TPSA) is 111 Å². The number of hydrogen-bond donors (Lipinski definition) is 2. The van der Waals surface area contributed by atoms with Crippen LogP contribution in [0, 0.1) is 10.1 Å². The summed E-state index contributed by atoms with van der Waals surface area (Å²) in [4.78, 5) is 23.0. The Labute approximate surface area is 154 Å². The summed E-state index contributed by atoms with van der Waals surface area (Å²) in [6.45, 7) is 1.27. The molecule has 9 nitrogen and oxygen atoms in total. The standard InChI is InChI=1S/C16H16ClN7O2/c17-12-3-1-4-13(9-12)22-16-14(24(25)26)15(20-10-21-16)19-5-2-7-23-8-6-18-11-23/h1,3-4,6,8-11H,2,5,7H2,(H2,19,20,21,22). The molecule has 0 atom stereocenters. The molecule has 0 aliphatic rings. The van der Waals surface area contributed by atoms with Gasteiger partial charge in [-0.05, 0) is 24.6 Å². The number of aryl methyl sites for hydroxylation is 1. The molecule has 2 heterocycles. The molecule has 0 saturated heterocycles. The predicted molar refractivity (Wildman–Crippen MR) is 98.8 cm³/mol. The van der Waals surface area contributed by atoms with E-state index in [-0.39, 0.29) is 17.3 Å². The Morgan fingerprint density at radius 2 is 2.12 bits per heavy atom. The molecule has 26 heavy (non-hydrogen) atoms. The monoisotopic (exact) mass is 373 g/mol. The molecule has 2 N–H and O–H groups in total. The van der Waals surface area contributed by atoms with E-state index in [0.29, 0.717) is 17.3 Å². The quantitative estimate of drug-likeness (QED) is 0.353. The SMILES string of the molecule is O=[N+]([O-])c1c(NCCCn2ccnc2)ncnc1Nc1cccc(Cl)c1. The number of nitro groups is 1. The normalized spacial score (nSPS) is 10.5. The summed E-state index contributed by atoms with van der Waals surface area (Å²) in [7, 11) is 0. The minimum atomic E-state index is -0.509. The van der Waals surface area contributed by atoms with Gasteiger partial charge in [-0.1, -0.05) is 17.7 Å². The largest absolute Gasteiger partial charge is 0.364 e. The van der Waals surface area contributed by atoms with E-state index in [0.717, 1.165) is 13.0 Å². The molecule has 0 fully saturated rings. The second kappa shape index (κ2) is 8.26. The van der Waals surface area contributed by atoms with E-state index < -0.39 is 4.92 Å². The van der Waals surface area contributed by atoms with Crippen molar-refractivity contribution in [3.63, 3.8) is 0 Å². The first kappa shape index (κ1) is 17.6. The molecular formula is C16H16ClN7O2. The molecule has 0 bridgehead atoms. The van der Waals surface area contributed by atoms with Gasteiger partial charge in [0, 0.05) is 36.2 Å². The highest BCUT2D eigenvalue weighted by Gasteiger charge is 2.22. The van der Waals surface area contributed by atoms with Crippen LogP contribution in [0.15, 0.2) is 49.3 Å². The van der Waals surface area contributed by atoms with Crippen molar-refractivity contribution in [3.05, 3.63) is 64.5 Å². The van der Waals surface area contributed by atoms with Crippen molar-refractivity contribution in [1.29, 1.82) is 0 Å². The maximum absolute atomic E-state index is 11.5. The number of benzene rings is 1. The minimum Gasteiger partial charge on any atom is -0.364 e. The second-order valence-electron chi connectivity index (χ2n) is 5.39. The zero-order chi connectivity index (χ0) is 18.4. The maximum Gasteiger partial charge on any atom is 0.353 e. The summed E-state index contributed by atoms with van der Waals surface area (Å²) in [6.07, 6.45) is 7.32. The summed E-state index contributed by atoms with van der Waals surface area (Å²) in [5.41, 5.74) is 0.389. The first-order chi connectivity index (χ1) is 12.6. The molecule has 0 radical (unpaired) electrons. The highest BCUT2D eigenvalue weighted by Crippen LogP contribution is 2.31. The molecule has 0 aliphatic carbocycles. The average molecular weight is 374 g/mol. The summed E-state index contributed by atoms with van der Waals surface area (Å²) in [5, 5.41) is 18.0. The Hall–Kier alpha value is -3.20. The summed E-state index contributed by atoms with van der Waals surface area (Å²) < 4.78 is 1.93. The minimum absolute atomic E-state index is 0.101. The van der Waals surface area contributed by atoms with Crippen LogP contribution in [0.2, 0.25) is 5.02 Å². The number of nitrogens with one attached hydrogen (secondary N) is 2. The van der Waals surface area contributed by atoms with Crippen molar-refractivity contribution in [2.24, 2.45) is 0 Å². The molecule has 0 spiro atoms. The Kier molecular flexibility index (Phi) is 5.59. The Morgan fingerprint density at radius 1 is 1.27 bits per heavy atom. The van der Waals surface area contributed by atoms with Crippen LogP contribution in [-0.4, -0.2) is 31.0 Å². The van der Waals surface area contributed by atoms with Crippen molar-refractivity contribution in [2.75, 3.05) is 17.2 Å². The van der Waals surface area contributed by atoms with E-state index in [4.69, 9.17) is 11.6 Å². The molecular weight excluding hydrogens is 358 g/mol. The van der Waals surface area contributed by atoms with Crippen LogP contribution in [0.5, 0.6) is 0 Å². The number of anilines is 3. The fourth-order valence-electron chi connectivity index (χ4n) is 2.36. The molecule has 0 saturated carbocycles. The highest BCUT2D eigenvalue weighted by molar-refractivity contribution is 6.30. The number of aromatic nitrogens is 4. The van der Waals surface area contributed by atoms with Crippen LogP contribution >= 0.6 is 11.6 Å². The number of hydrogen-bond acceptors (Lipinski definition) is 7. The Bertz CT molecular complexity index is 886. The third-order valence-electron chi connectivity index (χ3n) is 3.54. The molecule has 3 rings (SSSR count). The second-order valence-corrected chi connectivity index (χ2v) is 5.83. The van der Waals surface area contributed by atoms with Crippen molar-refractivity contribution in [1.82, 2.24) is 19.5 Å². The van der Waals surface area contributed by atoms with E-state index in [2.05, 4.69) is 25.6 Å². The molecule has 10 heteroatoms. The van der Waals surface area contributed by atoms with Gasteiger partial charge in [-0.2, -0.15) is 0 Å². The van der Waals surface area contributed by atoms with Gasteiger partial charge in [-0.15, -0.1) is 0 Å². The fraction of sp³-hybridized carbons (Fsp3) is 0.188. The van der Waals surface area contributed by atoms with Crippen LogP contribution < -0.4 is 10.6 Å². The van der Waals surface area contributed by atoms with Crippen LogP contribution in [0.25, 0.3) is 0 Å². The van der Waals surface area contributed by atoms with Crippen molar-refractivity contribution in [2.45, 2.75) is 13.0 Å². The molecule has 3 aromatic rings. The van der Waals surface area contributed by atoms with Gasteiger partial charge >= 0.3 is 5.69 Å². The van der Waals surface area contributed by atoms with Gasteiger partial charge in [-0.3, -0.25) is 10.1 Å². The fourth-order valence-corrected chi connectivity index (χ4v) is 2.55. The summed E-state index contributed by atoms with van der Waals surface area (Å²) >= 11 is 5.95. The van der Waals surface area contributed by atoms with E-state index >= 15 is 0 Å². The molecule has 1 aromatic carbocycles. The summed E-state index contributed by atoms with van der Waals surface area (Å²) in [5.74, 6) is 0.268. The molecule has 2 aromatic heterocycles. The van der Waals surface area contributed by atoms with E-state index in [9.17, 15) is 10.1 Å². The number of imidazole rings is 1. The number of nitrogens with zero attached hydrogens (tertiary/aromatic N) is 5. The zero-order valence-electron chi connectivity index (χ0n) is 13.7. The Balaban J connectivity index is 1.72. The third-order valence-corrected chi connectivity index (χ3v) is 3.77. The van der Waals surface area contributed by atoms with Gasteiger partial charge in [-0.25, -0.2) is 15.0 Å². The molecule has 0 aliphatic heterocycles. The molecule has 0 unspecified atom stereocenters. The van der Waals surface area contributed by atoms with Gasteiger partial charge in [0.05, 0.1) is 11.3 Å². The first-order valence-electron chi connectivity index (χ1n) is 7.85. The van der Waals surface area contributed by atoms with Crippen LogP contribution in [0.4, 0.5) is 23.0 Å². The summed E-state index contributed by atoms with van der Waals surface area (Å²) in [6, 6.07) is 6.86. The Morgan fingerprint density at radius 3 is 2.85 bits per heavy atom. The van der Waals surface area contributed by atoms with Crippen LogP contribution in [0.3, 0.4) is 0 Å². The lowest BCUT2D eigenvalue weighted by Gasteiger charge is -2.10.